The van der Waals surface area contributed by atoms with Gasteiger partial charge in [0.15, 0.2) is 11.5 Å². The fraction of sp³-hybridized carbons (Fsp3) is 0.381. The lowest BCUT2D eigenvalue weighted by Crippen LogP contribution is -2.62. The van der Waals surface area contributed by atoms with Crippen molar-refractivity contribution in [3.63, 3.8) is 0 Å². The van der Waals surface area contributed by atoms with E-state index in [9.17, 15) is 9.18 Å². The molecule has 0 saturated carbocycles. The first kappa shape index (κ1) is 18.1. The van der Waals surface area contributed by atoms with Crippen molar-refractivity contribution in [3.05, 3.63) is 48.0 Å². The lowest BCUT2D eigenvalue weighted by atomic mass is 9.66. The van der Waals surface area contributed by atoms with Crippen LogP contribution >= 0.6 is 0 Å². The number of ether oxygens (including phenoxy) is 2. The number of pyridine rings is 1. The maximum Gasteiger partial charge on any atom is 0.262 e. The number of hydrogen-bond donors (Lipinski definition) is 1. The van der Waals surface area contributed by atoms with Gasteiger partial charge in [-0.15, -0.1) is 0 Å². The average molecular weight is 396 g/mol. The number of carbonyl (C=O) groups excluding carboxylic acids is 1. The Kier molecular flexibility index (Phi) is 3.73. The third kappa shape index (κ3) is 2.35. The highest BCUT2D eigenvalue weighted by atomic mass is 19.1. The summed E-state index contributed by atoms with van der Waals surface area (Å²) in [6, 6.07) is 8.62. The predicted molar refractivity (Wildman–Crippen MR) is 104 cm³/mol. The van der Waals surface area contributed by atoms with Gasteiger partial charge in [0.1, 0.15) is 11.4 Å². The number of aliphatic imine (C=N–C) groups is 1. The van der Waals surface area contributed by atoms with E-state index in [-0.39, 0.29) is 17.8 Å². The molecule has 1 saturated heterocycles. The number of halogens is 1. The van der Waals surface area contributed by atoms with Crippen LogP contribution in [-0.2, 0) is 15.1 Å². The van der Waals surface area contributed by atoms with Crippen LogP contribution < -0.4 is 10.5 Å². The van der Waals surface area contributed by atoms with Gasteiger partial charge in [-0.2, -0.15) is 4.39 Å². The number of amides is 1. The van der Waals surface area contributed by atoms with Gasteiger partial charge in [-0.3, -0.25) is 9.69 Å². The summed E-state index contributed by atoms with van der Waals surface area (Å²) in [7, 11) is 1.61. The second kappa shape index (κ2) is 6.00. The molecule has 29 heavy (non-hydrogen) atoms. The number of nitrogens with two attached hydrogens (primary N) is 1. The van der Waals surface area contributed by atoms with Crippen LogP contribution in [0.25, 0.3) is 11.1 Å². The Morgan fingerprint density at radius 2 is 2.17 bits per heavy atom. The highest BCUT2D eigenvalue weighted by Gasteiger charge is 2.64. The Balaban J connectivity index is 1.77. The van der Waals surface area contributed by atoms with Gasteiger partial charge >= 0.3 is 0 Å². The van der Waals surface area contributed by atoms with Crippen LogP contribution in [0.2, 0.25) is 0 Å². The van der Waals surface area contributed by atoms with E-state index in [2.05, 4.69) is 9.98 Å². The minimum absolute atomic E-state index is 0.147. The average Bonchev–Trinajstić information content (AvgIpc) is 2.93. The Labute approximate surface area is 167 Å². The van der Waals surface area contributed by atoms with Gasteiger partial charge < -0.3 is 15.2 Å². The molecule has 0 bridgehead atoms. The van der Waals surface area contributed by atoms with Crippen molar-refractivity contribution in [2.45, 2.75) is 24.5 Å². The first-order valence-electron chi connectivity index (χ1n) is 9.52. The summed E-state index contributed by atoms with van der Waals surface area (Å²) in [6.45, 7) is 2.84. The zero-order chi connectivity index (χ0) is 20.4. The SMILES string of the molecule is CN1C(=O)[C@]2(N=C1N)c1cc(-c3cccnc3F)ccc1O[C@@]1(C)CCOCC12. The molecule has 3 aliphatic rings. The number of guanidine groups is 1. The first-order valence-corrected chi connectivity index (χ1v) is 9.52. The molecular weight excluding hydrogens is 375 g/mol. The van der Waals surface area contributed by atoms with Crippen molar-refractivity contribution >= 4 is 11.9 Å². The van der Waals surface area contributed by atoms with E-state index in [4.69, 9.17) is 15.2 Å². The number of aromatic nitrogens is 1. The molecule has 1 spiro atoms. The number of likely N-dealkylation sites (N-methyl/N-ethyl adjacent to an activating group) is 1. The maximum atomic E-state index is 14.3. The molecule has 7 nitrogen and oxygen atoms in total. The van der Waals surface area contributed by atoms with Crippen molar-refractivity contribution in [3.8, 4) is 16.9 Å². The molecule has 1 aromatic carbocycles. The first-order chi connectivity index (χ1) is 13.9. The molecule has 3 atom stereocenters. The zero-order valence-electron chi connectivity index (χ0n) is 16.2. The van der Waals surface area contributed by atoms with E-state index in [0.717, 1.165) is 0 Å². The molecular formula is C21H21FN4O3. The summed E-state index contributed by atoms with van der Waals surface area (Å²) in [5, 5.41) is 0. The van der Waals surface area contributed by atoms with Crippen LogP contribution in [-0.4, -0.2) is 47.6 Å². The molecule has 5 rings (SSSR count). The number of rotatable bonds is 1. The molecule has 4 heterocycles. The van der Waals surface area contributed by atoms with E-state index in [1.165, 1.54) is 11.1 Å². The lowest BCUT2D eigenvalue weighted by Gasteiger charge is -2.51. The van der Waals surface area contributed by atoms with Gasteiger partial charge in [0.25, 0.3) is 5.91 Å². The second-order valence-electron chi connectivity index (χ2n) is 7.95. The van der Waals surface area contributed by atoms with Gasteiger partial charge in [0.05, 0.1) is 19.1 Å². The molecule has 0 radical (unpaired) electrons. The van der Waals surface area contributed by atoms with Gasteiger partial charge in [-0.25, -0.2) is 9.98 Å². The zero-order valence-corrected chi connectivity index (χ0v) is 16.2. The summed E-state index contributed by atoms with van der Waals surface area (Å²) in [6.07, 6.45) is 2.03. The number of hydrogen-bond acceptors (Lipinski definition) is 6. The maximum absolute atomic E-state index is 14.3. The van der Waals surface area contributed by atoms with Gasteiger partial charge in [0.2, 0.25) is 5.95 Å². The number of benzene rings is 1. The molecule has 8 heteroatoms. The second-order valence-corrected chi connectivity index (χ2v) is 7.95. The summed E-state index contributed by atoms with van der Waals surface area (Å²) in [5.74, 6) is -0.471. The lowest BCUT2D eigenvalue weighted by molar-refractivity contribution is -0.154. The number of carbonyl (C=O) groups is 1. The summed E-state index contributed by atoms with van der Waals surface area (Å²) < 4.78 is 26.4. The van der Waals surface area contributed by atoms with Crippen LogP contribution in [0.3, 0.4) is 0 Å². The van der Waals surface area contributed by atoms with Crippen LogP contribution in [0, 0.1) is 11.9 Å². The summed E-state index contributed by atoms with van der Waals surface area (Å²) >= 11 is 0. The third-order valence-corrected chi connectivity index (χ3v) is 6.34. The van der Waals surface area contributed by atoms with E-state index in [1.54, 1.807) is 37.4 Å². The molecule has 3 aliphatic heterocycles. The molecule has 1 unspecified atom stereocenters. The van der Waals surface area contributed by atoms with Gasteiger partial charge in [0, 0.05) is 30.8 Å². The normalized spacial score (nSPS) is 30.6. The van der Waals surface area contributed by atoms with Crippen molar-refractivity contribution in [2.24, 2.45) is 16.6 Å². The van der Waals surface area contributed by atoms with Crippen molar-refractivity contribution in [1.82, 2.24) is 9.88 Å². The van der Waals surface area contributed by atoms with Crippen LogP contribution in [0.1, 0.15) is 18.9 Å². The van der Waals surface area contributed by atoms with E-state index in [0.29, 0.717) is 42.1 Å². The molecule has 0 aliphatic carbocycles. The quantitative estimate of drug-likeness (QED) is 0.746. The van der Waals surface area contributed by atoms with E-state index < -0.39 is 17.1 Å². The Morgan fingerprint density at radius 1 is 1.34 bits per heavy atom. The predicted octanol–water partition coefficient (Wildman–Crippen LogP) is 2.06. The minimum atomic E-state index is -1.27. The standard InChI is InChI=1S/C21H21FN4O3/c1-20-7-9-28-11-16(20)21(18(27)26(2)19(23)25-21)14-10-12(5-6-15(14)29-20)13-4-3-8-24-17(13)22/h3-6,8,10,16H,7,9,11H2,1-2H3,(H2,23,25)/t16?,20-,21-/m0/s1. The summed E-state index contributed by atoms with van der Waals surface area (Å²) in [5.41, 5.74) is 5.68. The molecule has 2 aromatic rings. The van der Waals surface area contributed by atoms with Gasteiger partial charge in [-0.1, -0.05) is 6.07 Å². The highest BCUT2D eigenvalue weighted by molar-refractivity contribution is 6.07. The van der Waals surface area contributed by atoms with Gasteiger partial charge in [-0.05, 0) is 36.8 Å². The topological polar surface area (TPSA) is 90.0 Å². The molecule has 1 amide bonds. The molecule has 1 aromatic heterocycles. The largest absolute Gasteiger partial charge is 0.487 e. The fourth-order valence-electron chi connectivity index (χ4n) is 4.70. The Bertz CT molecular complexity index is 1060. The van der Waals surface area contributed by atoms with Crippen molar-refractivity contribution in [2.75, 3.05) is 20.3 Å². The van der Waals surface area contributed by atoms with Crippen LogP contribution in [0.4, 0.5) is 4.39 Å². The number of fused-ring (bicyclic) bond motifs is 4. The Hall–Kier alpha value is -3.00. The van der Waals surface area contributed by atoms with Crippen molar-refractivity contribution in [1.29, 1.82) is 0 Å². The van der Waals surface area contributed by atoms with Crippen molar-refractivity contribution < 1.29 is 18.7 Å². The molecule has 1 fully saturated rings. The van der Waals surface area contributed by atoms with E-state index in [1.807, 2.05) is 6.92 Å². The number of nitrogens with zero attached hydrogens (tertiary/aromatic N) is 3. The van der Waals surface area contributed by atoms with Crippen LogP contribution in [0.15, 0.2) is 41.5 Å². The third-order valence-electron chi connectivity index (χ3n) is 6.34. The fourth-order valence-corrected chi connectivity index (χ4v) is 4.70. The molecule has 150 valence electrons. The minimum Gasteiger partial charge on any atom is -0.487 e. The monoisotopic (exact) mass is 396 g/mol. The van der Waals surface area contributed by atoms with Crippen LogP contribution in [0.5, 0.6) is 5.75 Å². The highest BCUT2D eigenvalue weighted by Crippen LogP contribution is 2.55. The Morgan fingerprint density at radius 3 is 2.90 bits per heavy atom. The smallest absolute Gasteiger partial charge is 0.262 e. The van der Waals surface area contributed by atoms with E-state index >= 15 is 0 Å². The summed E-state index contributed by atoms with van der Waals surface area (Å²) in [4.78, 5) is 23.3. The molecule has 2 N–H and O–H groups in total.